The first-order chi connectivity index (χ1) is 11.4. The molecule has 0 radical (unpaired) electrons. The summed E-state index contributed by atoms with van der Waals surface area (Å²) in [7, 11) is 0. The van der Waals surface area contributed by atoms with Crippen LogP contribution in [0.1, 0.15) is 15.9 Å². The summed E-state index contributed by atoms with van der Waals surface area (Å²) in [5.74, 6) is -0.189. The average molecular weight is 332 g/mol. The molecule has 122 valence electrons. The maximum absolute atomic E-state index is 12.7. The molecule has 8 heteroatoms. The number of aromatic nitrogens is 4. The van der Waals surface area contributed by atoms with E-state index in [0.717, 1.165) is 16.9 Å². The molecule has 24 heavy (non-hydrogen) atoms. The lowest BCUT2D eigenvalue weighted by molar-refractivity contribution is -0.137. The van der Waals surface area contributed by atoms with Crippen molar-refractivity contribution in [2.75, 3.05) is 0 Å². The fourth-order valence-corrected chi connectivity index (χ4v) is 2.10. The third-order valence-corrected chi connectivity index (χ3v) is 3.28. The van der Waals surface area contributed by atoms with Crippen molar-refractivity contribution >= 4 is 5.78 Å². The highest BCUT2D eigenvalue weighted by Gasteiger charge is 2.30. The minimum absolute atomic E-state index is 0.0296. The van der Waals surface area contributed by atoms with Gasteiger partial charge >= 0.3 is 6.18 Å². The topological polar surface area (TPSA) is 60.7 Å². The van der Waals surface area contributed by atoms with E-state index in [1.807, 2.05) is 0 Å². The number of hydrogen-bond donors (Lipinski definition) is 0. The quantitative estimate of drug-likeness (QED) is 0.688. The molecular weight excluding hydrogens is 321 g/mol. The number of alkyl halides is 3. The molecule has 0 bridgehead atoms. The van der Waals surface area contributed by atoms with Gasteiger partial charge in [-0.2, -0.15) is 18.0 Å². The Hall–Kier alpha value is -3.03. The molecule has 0 aliphatic carbocycles. The molecule has 0 N–H and O–H groups in total. The van der Waals surface area contributed by atoms with Gasteiger partial charge in [0.25, 0.3) is 0 Å². The lowest BCUT2D eigenvalue weighted by Crippen LogP contribution is -2.13. The van der Waals surface area contributed by atoms with E-state index in [2.05, 4.69) is 15.4 Å². The molecule has 0 spiro atoms. The molecule has 0 unspecified atom stereocenters. The molecule has 3 aromatic rings. The van der Waals surface area contributed by atoms with E-state index in [1.165, 1.54) is 12.1 Å². The van der Waals surface area contributed by atoms with Gasteiger partial charge in [0.1, 0.15) is 6.54 Å². The minimum Gasteiger partial charge on any atom is -0.292 e. The first kappa shape index (κ1) is 15.9. The van der Waals surface area contributed by atoms with Crippen LogP contribution >= 0.6 is 0 Å². The molecule has 1 aromatic heterocycles. The Labute approximate surface area is 134 Å². The van der Waals surface area contributed by atoms with Crippen LogP contribution in [-0.4, -0.2) is 26.0 Å². The Kier molecular flexibility index (Phi) is 4.11. The zero-order valence-corrected chi connectivity index (χ0v) is 12.2. The van der Waals surface area contributed by atoms with Gasteiger partial charge in [0.2, 0.25) is 5.82 Å². The van der Waals surface area contributed by atoms with Crippen molar-refractivity contribution in [3.8, 4) is 11.4 Å². The smallest absolute Gasteiger partial charge is 0.292 e. The minimum atomic E-state index is -4.45. The van der Waals surface area contributed by atoms with E-state index in [-0.39, 0.29) is 23.7 Å². The highest BCUT2D eigenvalue weighted by atomic mass is 19.4. The summed E-state index contributed by atoms with van der Waals surface area (Å²) < 4.78 is 38.2. The second-order valence-electron chi connectivity index (χ2n) is 5.01. The number of nitrogens with zero attached hydrogens (tertiary/aromatic N) is 4. The van der Waals surface area contributed by atoms with Crippen LogP contribution in [0.4, 0.5) is 13.2 Å². The molecule has 1 heterocycles. The monoisotopic (exact) mass is 332 g/mol. The molecule has 0 aliphatic rings. The van der Waals surface area contributed by atoms with Crippen LogP contribution in [0.2, 0.25) is 0 Å². The van der Waals surface area contributed by atoms with E-state index >= 15 is 0 Å². The van der Waals surface area contributed by atoms with E-state index < -0.39 is 11.7 Å². The van der Waals surface area contributed by atoms with E-state index in [0.29, 0.717) is 5.56 Å². The Morgan fingerprint density at radius 3 is 2.50 bits per heavy atom. The zero-order chi connectivity index (χ0) is 17.2. The van der Waals surface area contributed by atoms with E-state index in [9.17, 15) is 18.0 Å². The van der Waals surface area contributed by atoms with Gasteiger partial charge in [-0.3, -0.25) is 4.79 Å². The van der Waals surface area contributed by atoms with Crippen molar-refractivity contribution in [3.63, 3.8) is 0 Å². The number of hydrogen-bond acceptors (Lipinski definition) is 4. The van der Waals surface area contributed by atoms with Crippen LogP contribution in [0.5, 0.6) is 0 Å². The molecular formula is C16H11F3N4O. The third-order valence-electron chi connectivity index (χ3n) is 3.28. The summed E-state index contributed by atoms with van der Waals surface area (Å²) in [5, 5.41) is 11.4. The Balaban J connectivity index is 1.80. The van der Waals surface area contributed by atoms with Crippen LogP contribution in [0.3, 0.4) is 0 Å². The standard InChI is InChI=1S/C16H11F3N4O/c17-16(18,19)13-8-4-7-12(9-13)15-20-22-23(21-15)10-14(24)11-5-2-1-3-6-11/h1-9H,10H2. The fraction of sp³-hybridized carbons (Fsp3) is 0.125. The van der Waals surface area contributed by atoms with Crippen LogP contribution in [-0.2, 0) is 12.7 Å². The summed E-state index contributed by atoms with van der Waals surface area (Å²) in [6.07, 6.45) is -4.45. The highest BCUT2D eigenvalue weighted by molar-refractivity contribution is 5.95. The van der Waals surface area contributed by atoms with Crippen molar-refractivity contribution in [3.05, 3.63) is 65.7 Å². The SMILES string of the molecule is O=C(Cn1nnc(-c2cccc(C(F)(F)F)c2)n1)c1ccccc1. The summed E-state index contributed by atoms with van der Waals surface area (Å²) in [6, 6.07) is 13.2. The number of halogens is 3. The van der Waals surface area contributed by atoms with Crippen molar-refractivity contribution in [2.45, 2.75) is 12.7 Å². The van der Waals surface area contributed by atoms with Gasteiger partial charge in [0, 0.05) is 11.1 Å². The van der Waals surface area contributed by atoms with Crippen LogP contribution in [0.15, 0.2) is 54.6 Å². The maximum Gasteiger partial charge on any atom is 0.416 e. The highest BCUT2D eigenvalue weighted by Crippen LogP contribution is 2.31. The molecule has 0 saturated carbocycles. The Morgan fingerprint density at radius 1 is 1.04 bits per heavy atom. The molecule has 3 rings (SSSR count). The number of carbonyl (C=O) groups is 1. The largest absolute Gasteiger partial charge is 0.416 e. The average Bonchev–Trinajstić information content (AvgIpc) is 3.03. The summed E-state index contributed by atoms with van der Waals surface area (Å²) >= 11 is 0. The molecule has 0 amide bonds. The maximum atomic E-state index is 12.7. The number of ketones is 1. The second kappa shape index (κ2) is 6.23. The Morgan fingerprint density at radius 2 is 1.79 bits per heavy atom. The molecule has 2 aromatic carbocycles. The van der Waals surface area contributed by atoms with Crippen molar-refractivity contribution < 1.29 is 18.0 Å². The zero-order valence-electron chi connectivity index (χ0n) is 12.2. The number of benzene rings is 2. The Bertz CT molecular complexity index is 859. The van der Waals surface area contributed by atoms with E-state index in [4.69, 9.17) is 0 Å². The van der Waals surface area contributed by atoms with Gasteiger partial charge < -0.3 is 0 Å². The van der Waals surface area contributed by atoms with Gasteiger partial charge in [0.15, 0.2) is 5.78 Å². The van der Waals surface area contributed by atoms with Crippen molar-refractivity contribution in [1.82, 2.24) is 20.2 Å². The van der Waals surface area contributed by atoms with Crippen LogP contribution in [0, 0.1) is 0 Å². The van der Waals surface area contributed by atoms with Crippen LogP contribution < -0.4 is 0 Å². The van der Waals surface area contributed by atoms with Gasteiger partial charge in [-0.15, -0.1) is 10.2 Å². The molecule has 0 atom stereocenters. The number of Topliss-reactive ketones (excluding diaryl/α,β-unsaturated/α-hetero) is 1. The third kappa shape index (κ3) is 3.48. The number of carbonyl (C=O) groups excluding carboxylic acids is 1. The van der Waals surface area contributed by atoms with Crippen molar-refractivity contribution in [2.24, 2.45) is 0 Å². The molecule has 0 aliphatic heterocycles. The first-order valence-electron chi connectivity index (χ1n) is 6.97. The molecule has 0 fully saturated rings. The van der Waals surface area contributed by atoms with Gasteiger partial charge in [-0.05, 0) is 17.3 Å². The number of tetrazole rings is 1. The van der Waals surface area contributed by atoms with Crippen molar-refractivity contribution in [1.29, 1.82) is 0 Å². The second-order valence-corrected chi connectivity index (χ2v) is 5.01. The predicted molar refractivity (Wildman–Crippen MR) is 79.0 cm³/mol. The van der Waals surface area contributed by atoms with Gasteiger partial charge in [0.05, 0.1) is 5.56 Å². The summed E-state index contributed by atoms with van der Waals surface area (Å²) in [6.45, 7) is -0.143. The first-order valence-corrected chi connectivity index (χ1v) is 6.97. The van der Waals surface area contributed by atoms with Gasteiger partial charge in [-0.1, -0.05) is 42.5 Å². The molecule has 0 saturated heterocycles. The normalized spacial score (nSPS) is 11.5. The van der Waals surface area contributed by atoms with Gasteiger partial charge in [-0.25, -0.2) is 0 Å². The fourth-order valence-electron chi connectivity index (χ4n) is 2.10. The van der Waals surface area contributed by atoms with Crippen LogP contribution in [0.25, 0.3) is 11.4 Å². The molecule has 5 nitrogen and oxygen atoms in total. The predicted octanol–water partition coefficient (Wildman–Crippen LogP) is 3.24. The lowest BCUT2D eigenvalue weighted by Gasteiger charge is -2.06. The number of rotatable bonds is 4. The summed E-state index contributed by atoms with van der Waals surface area (Å²) in [5.41, 5.74) is -0.115. The van der Waals surface area contributed by atoms with E-state index in [1.54, 1.807) is 30.3 Å². The lowest BCUT2D eigenvalue weighted by atomic mass is 10.1. The summed E-state index contributed by atoms with van der Waals surface area (Å²) in [4.78, 5) is 13.1.